The summed E-state index contributed by atoms with van der Waals surface area (Å²) >= 11 is 0. The van der Waals surface area contributed by atoms with Crippen LogP contribution < -0.4 is 11.1 Å². The third-order valence-electron chi connectivity index (χ3n) is 2.54. The second-order valence-corrected chi connectivity index (χ2v) is 4.18. The fraction of sp³-hybridized carbons (Fsp3) is 0.417. The summed E-state index contributed by atoms with van der Waals surface area (Å²) in [7, 11) is 0. The van der Waals surface area contributed by atoms with E-state index in [1.165, 1.54) is 12.1 Å². The molecule has 0 aliphatic heterocycles. The number of carbonyl (C=O) groups excluding carboxylic acids is 1. The first-order valence-corrected chi connectivity index (χ1v) is 5.23. The van der Waals surface area contributed by atoms with E-state index in [2.05, 4.69) is 5.32 Å². The van der Waals surface area contributed by atoms with Gasteiger partial charge in [0.25, 0.3) is 0 Å². The van der Waals surface area contributed by atoms with Gasteiger partial charge >= 0.3 is 0 Å². The van der Waals surface area contributed by atoms with Gasteiger partial charge in [0, 0.05) is 13.1 Å². The van der Waals surface area contributed by atoms with E-state index in [4.69, 9.17) is 5.73 Å². The maximum absolute atomic E-state index is 13.1. The maximum Gasteiger partial charge on any atom is 0.230 e. The van der Waals surface area contributed by atoms with Crippen molar-refractivity contribution in [2.24, 2.45) is 5.73 Å². The van der Waals surface area contributed by atoms with E-state index in [1.54, 1.807) is 26.0 Å². The standard InChI is InChI=1S/C12H17FN2O.ClH/c1-12(2,11(16)15-7-6-14)9-4-3-5-10(13)8-9;/h3-5,8H,6-7,14H2,1-2H3,(H,15,16);1H. The Hall–Kier alpha value is -1.13. The molecule has 0 aliphatic rings. The van der Waals surface area contributed by atoms with E-state index in [-0.39, 0.29) is 24.1 Å². The predicted octanol–water partition coefficient (Wildman–Crippen LogP) is 1.60. The van der Waals surface area contributed by atoms with Gasteiger partial charge in [0.15, 0.2) is 0 Å². The van der Waals surface area contributed by atoms with Crippen LogP contribution in [0.2, 0.25) is 0 Å². The van der Waals surface area contributed by atoms with Gasteiger partial charge in [-0.2, -0.15) is 0 Å². The molecule has 3 nitrogen and oxygen atoms in total. The Bertz CT molecular complexity index is 383. The van der Waals surface area contributed by atoms with Crippen LogP contribution in [0.5, 0.6) is 0 Å². The molecular formula is C12H18ClFN2O. The minimum atomic E-state index is -0.753. The molecule has 0 saturated carbocycles. The first kappa shape index (κ1) is 15.9. The molecule has 0 atom stereocenters. The summed E-state index contributed by atoms with van der Waals surface area (Å²) in [6.45, 7) is 4.34. The van der Waals surface area contributed by atoms with E-state index in [1.807, 2.05) is 0 Å². The first-order chi connectivity index (χ1) is 7.48. The third kappa shape index (κ3) is 3.98. The molecule has 0 unspecified atom stereocenters. The molecule has 1 aromatic rings. The highest BCUT2D eigenvalue weighted by molar-refractivity contribution is 5.87. The number of rotatable bonds is 4. The third-order valence-corrected chi connectivity index (χ3v) is 2.54. The predicted molar refractivity (Wildman–Crippen MR) is 68.7 cm³/mol. The van der Waals surface area contributed by atoms with E-state index in [0.29, 0.717) is 18.7 Å². The fourth-order valence-electron chi connectivity index (χ4n) is 1.42. The molecule has 1 amide bonds. The Morgan fingerprint density at radius 3 is 2.65 bits per heavy atom. The van der Waals surface area contributed by atoms with Crippen molar-refractivity contribution in [1.29, 1.82) is 0 Å². The second kappa shape index (κ2) is 6.57. The van der Waals surface area contributed by atoms with Crippen molar-refractivity contribution in [3.8, 4) is 0 Å². The molecule has 5 heteroatoms. The Morgan fingerprint density at radius 2 is 2.12 bits per heavy atom. The van der Waals surface area contributed by atoms with Crippen molar-refractivity contribution >= 4 is 18.3 Å². The Kier molecular flexibility index (Phi) is 6.13. The highest BCUT2D eigenvalue weighted by Crippen LogP contribution is 2.23. The molecule has 0 saturated heterocycles. The minimum absolute atomic E-state index is 0. The summed E-state index contributed by atoms with van der Waals surface area (Å²) in [4.78, 5) is 11.8. The van der Waals surface area contributed by atoms with Gasteiger partial charge in [0.05, 0.1) is 5.41 Å². The average molecular weight is 261 g/mol. The molecule has 0 radical (unpaired) electrons. The fourth-order valence-corrected chi connectivity index (χ4v) is 1.42. The highest BCUT2D eigenvalue weighted by atomic mass is 35.5. The molecule has 0 bridgehead atoms. The molecule has 1 rings (SSSR count). The average Bonchev–Trinajstić information content (AvgIpc) is 2.25. The summed E-state index contributed by atoms with van der Waals surface area (Å²) in [5.74, 6) is -0.485. The number of halogens is 2. The van der Waals surface area contributed by atoms with Gasteiger partial charge in [0.1, 0.15) is 5.82 Å². The zero-order valence-corrected chi connectivity index (χ0v) is 10.8. The van der Waals surface area contributed by atoms with Crippen molar-refractivity contribution in [1.82, 2.24) is 5.32 Å². The normalized spacial score (nSPS) is 10.6. The van der Waals surface area contributed by atoms with E-state index in [0.717, 1.165) is 0 Å². The molecule has 0 spiro atoms. The van der Waals surface area contributed by atoms with Crippen molar-refractivity contribution in [2.45, 2.75) is 19.3 Å². The lowest BCUT2D eigenvalue weighted by Gasteiger charge is -2.24. The summed E-state index contributed by atoms with van der Waals surface area (Å²) in [6, 6.07) is 6.08. The number of nitrogens with one attached hydrogen (secondary N) is 1. The number of benzene rings is 1. The SMILES string of the molecule is CC(C)(C(=O)NCCN)c1cccc(F)c1.Cl. The lowest BCUT2D eigenvalue weighted by Crippen LogP contribution is -2.42. The van der Waals surface area contributed by atoms with Crippen LogP contribution in [0.1, 0.15) is 19.4 Å². The monoisotopic (exact) mass is 260 g/mol. The van der Waals surface area contributed by atoms with E-state index >= 15 is 0 Å². The highest BCUT2D eigenvalue weighted by Gasteiger charge is 2.29. The lowest BCUT2D eigenvalue weighted by atomic mass is 9.83. The molecule has 17 heavy (non-hydrogen) atoms. The molecule has 0 heterocycles. The lowest BCUT2D eigenvalue weighted by molar-refractivity contribution is -0.125. The number of amides is 1. The zero-order chi connectivity index (χ0) is 12.2. The van der Waals surface area contributed by atoms with Crippen LogP contribution in [0.25, 0.3) is 0 Å². The van der Waals surface area contributed by atoms with Gasteiger partial charge in [0.2, 0.25) is 5.91 Å². The zero-order valence-electron chi connectivity index (χ0n) is 10.00. The summed E-state index contributed by atoms with van der Waals surface area (Å²) in [5, 5.41) is 2.70. The topological polar surface area (TPSA) is 55.1 Å². The molecule has 0 fully saturated rings. The number of hydrogen-bond acceptors (Lipinski definition) is 2. The summed E-state index contributed by atoms with van der Waals surface area (Å²) in [6.07, 6.45) is 0. The van der Waals surface area contributed by atoms with E-state index < -0.39 is 5.41 Å². The van der Waals surface area contributed by atoms with Crippen molar-refractivity contribution < 1.29 is 9.18 Å². The Balaban J connectivity index is 0.00000256. The number of nitrogens with two attached hydrogens (primary N) is 1. The van der Waals surface area contributed by atoms with Crippen LogP contribution in [-0.2, 0) is 10.2 Å². The molecule has 0 aromatic heterocycles. The quantitative estimate of drug-likeness (QED) is 0.864. The second-order valence-electron chi connectivity index (χ2n) is 4.18. The van der Waals surface area contributed by atoms with Gasteiger partial charge in [-0.1, -0.05) is 12.1 Å². The van der Waals surface area contributed by atoms with Crippen LogP contribution in [0.3, 0.4) is 0 Å². The van der Waals surface area contributed by atoms with E-state index in [9.17, 15) is 9.18 Å². The van der Waals surface area contributed by atoms with Crippen LogP contribution in [0.15, 0.2) is 24.3 Å². The van der Waals surface area contributed by atoms with Gasteiger partial charge < -0.3 is 11.1 Å². The summed E-state index contributed by atoms with van der Waals surface area (Å²) < 4.78 is 13.1. The molecule has 1 aromatic carbocycles. The van der Waals surface area contributed by atoms with Crippen LogP contribution >= 0.6 is 12.4 Å². The molecule has 0 aliphatic carbocycles. The van der Waals surface area contributed by atoms with Gasteiger partial charge in [-0.05, 0) is 31.5 Å². The van der Waals surface area contributed by atoms with Crippen molar-refractivity contribution in [3.05, 3.63) is 35.6 Å². The maximum atomic E-state index is 13.1. The summed E-state index contributed by atoms with van der Waals surface area (Å²) in [5.41, 5.74) is 5.21. The number of carbonyl (C=O) groups is 1. The first-order valence-electron chi connectivity index (χ1n) is 5.23. The van der Waals surface area contributed by atoms with Crippen molar-refractivity contribution in [2.75, 3.05) is 13.1 Å². The molecule has 3 N–H and O–H groups in total. The van der Waals surface area contributed by atoms with Gasteiger partial charge in [-0.15, -0.1) is 12.4 Å². The van der Waals surface area contributed by atoms with Crippen molar-refractivity contribution in [3.63, 3.8) is 0 Å². The largest absolute Gasteiger partial charge is 0.354 e. The van der Waals surface area contributed by atoms with Crippen LogP contribution in [0.4, 0.5) is 4.39 Å². The van der Waals surface area contributed by atoms with Gasteiger partial charge in [-0.3, -0.25) is 4.79 Å². The number of hydrogen-bond donors (Lipinski definition) is 2. The van der Waals surface area contributed by atoms with Crippen LogP contribution in [-0.4, -0.2) is 19.0 Å². The molecule has 96 valence electrons. The van der Waals surface area contributed by atoms with Gasteiger partial charge in [-0.25, -0.2) is 4.39 Å². The Labute approximate surface area is 107 Å². The van der Waals surface area contributed by atoms with Crippen LogP contribution in [0, 0.1) is 5.82 Å². The smallest absolute Gasteiger partial charge is 0.230 e. The Morgan fingerprint density at radius 1 is 1.47 bits per heavy atom. The molecular weight excluding hydrogens is 243 g/mol. The minimum Gasteiger partial charge on any atom is -0.354 e.